The van der Waals surface area contributed by atoms with Gasteiger partial charge in [-0.2, -0.15) is 4.98 Å². The van der Waals surface area contributed by atoms with E-state index in [1.807, 2.05) is 0 Å². The van der Waals surface area contributed by atoms with E-state index in [1.54, 1.807) is 24.3 Å². The summed E-state index contributed by atoms with van der Waals surface area (Å²) in [4.78, 5) is 4.15. The molecule has 1 heterocycles. The molecule has 0 saturated heterocycles. The van der Waals surface area contributed by atoms with Gasteiger partial charge in [-0.15, -0.1) is 0 Å². The Labute approximate surface area is 160 Å². The van der Waals surface area contributed by atoms with Gasteiger partial charge in [-0.1, -0.05) is 29.4 Å². The largest absolute Gasteiger partial charge is 0.393 e. The van der Waals surface area contributed by atoms with E-state index < -0.39 is 11.6 Å². The minimum Gasteiger partial charge on any atom is -0.393 e. The zero-order valence-corrected chi connectivity index (χ0v) is 15.1. The summed E-state index contributed by atoms with van der Waals surface area (Å²) in [6.07, 6.45) is 0.255. The van der Waals surface area contributed by atoms with Gasteiger partial charge in [0.1, 0.15) is 17.3 Å². The highest BCUT2D eigenvalue weighted by molar-refractivity contribution is 5.67. The van der Waals surface area contributed by atoms with Crippen molar-refractivity contribution in [3.8, 4) is 11.4 Å². The molecule has 7 nitrogen and oxygen atoms in total. The molecule has 0 aliphatic heterocycles. The lowest BCUT2D eigenvalue weighted by atomic mass is 10.2. The van der Waals surface area contributed by atoms with Gasteiger partial charge in [0.2, 0.25) is 5.82 Å². The summed E-state index contributed by atoms with van der Waals surface area (Å²) in [5.74, 6) is 5.07. The van der Waals surface area contributed by atoms with Crippen LogP contribution in [0.1, 0.15) is 12.3 Å². The van der Waals surface area contributed by atoms with Gasteiger partial charge in [0.25, 0.3) is 5.89 Å². The van der Waals surface area contributed by atoms with Crippen molar-refractivity contribution in [3.05, 3.63) is 71.8 Å². The smallest absolute Gasteiger partial charge is 0.275 e. The minimum atomic E-state index is -0.523. The van der Waals surface area contributed by atoms with Crippen molar-refractivity contribution in [3.63, 3.8) is 0 Å². The zero-order valence-electron chi connectivity index (χ0n) is 15.1. The maximum absolute atomic E-state index is 14.1. The first-order chi connectivity index (χ1) is 13.5. The molecule has 0 saturated carbocycles. The van der Waals surface area contributed by atoms with Crippen LogP contribution in [0.15, 0.2) is 58.8 Å². The Balaban J connectivity index is 2.01. The molecule has 2 aromatic carbocycles. The van der Waals surface area contributed by atoms with Crippen LogP contribution in [0.4, 0.5) is 14.5 Å². The van der Waals surface area contributed by atoms with Crippen molar-refractivity contribution in [2.24, 2.45) is 11.6 Å². The number of anilines is 1. The van der Waals surface area contributed by atoms with Crippen LogP contribution >= 0.6 is 0 Å². The Kier molecular flexibility index (Phi) is 5.97. The molecule has 0 unspecified atom stereocenters. The number of nitrogens with two attached hydrogens (primary N) is 2. The SMILES string of the molecule is COCC/C(=C(/N)c1nc(-c2ccccc2F)no1)N(N)c1ccccc1F. The molecular weight excluding hydrogens is 368 g/mol. The van der Waals surface area contributed by atoms with Gasteiger partial charge in [-0.25, -0.2) is 14.6 Å². The van der Waals surface area contributed by atoms with Gasteiger partial charge in [-0.3, -0.25) is 5.01 Å². The normalized spacial score (nSPS) is 12.0. The van der Waals surface area contributed by atoms with Crippen molar-refractivity contribution in [1.82, 2.24) is 10.1 Å². The van der Waals surface area contributed by atoms with Crippen molar-refractivity contribution in [2.45, 2.75) is 6.42 Å². The molecule has 3 aromatic rings. The summed E-state index contributed by atoms with van der Waals surface area (Å²) in [5.41, 5.74) is 6.83. The summed E-state index contributed by atoms with van der Waals surface area (Å²) >= 11 is 0. The van der Waals surface area contributed by atoms with Crippen molar-refractivity contribution < 1.29 is 18.0 Å². The van der Waals surface area contributed by atoms with Crippen LogP contribution in [0, 0.1) is 11.6 Å². The number of benzene rings is 2. The Morgan fingerprint density at radius 2 is 1.79 bits per heavy atom. The monoisotopic (exact) mass is 387 g/mol. The lowest BCUT2D eigenvalue weighted by Gasteiger charge is -2.23. The van der Waals surface area contributed by atoms with E-state index in [1.165, 1.54) is 31.4 Å². The first kappa shape index (κ1) is 19.5. The fourth-order valence-electron chi connectivity index (χ4n) is 2.58. The zero-order chi connectivity index (χ0) is 20.1. The highest BCUT2D eigenvalue weighted by Gasteiger charge is 2.21. The number of methoxy groups -OCH3 is 1. The number of halogens is 2. The number of hydrazine groups is 1. The minimum absolute atomic E-state index is 0.0385. The van der Waals surface area contributed by atoms with Crippen molar-refractivity contribution >= 4 is 11.4 Å². The molecule has 0 atom stereocenters. The van der Waals surface area contributed by atoms with Gasteiger partial charge in [0.05, 0.1) is 23.6 Å². The lowest BCUT2D eigenvalue weighted by molar-refractivity contribution is 0.201. The second-order valence-electron chi connectivity index (χ2n) is 5.83. The van der Waals surface area contributed by atoms with E-state index in [9.17, 15) is 8.78 Å². The third-order valence-corrected chi connectivity index (χ3v) is 4.03. The summed E-state index contributed by atoms with van der Waals surface area (Å²) < 4.78 is 38.4. The Morgan fingerprint density at radius 1 is 1.11 bits per heavy atom. The van der Waals surface area contributed by atoms with Gasteiger partial charge < -0.3 is 15.0 Å². The van der Waals surface area contributed by atoms with E-state index in [-0.39, 0.29) is 41.7 Å². The van der Waals surface area contributed by atoms with Gasteiger partial charge >= 0.3 is 0 Å². The third kappa shape index (κ3) is 4.00. The van der Waals surface area contributed by atoms with E-state index in [2.05, 4.69) is 10.1 Å². The fraction of sp³-hybridized carbons (Fsp3) is 0.158. The van der Waals surface area contributed by atoms with Crippen LogP contribution in [-0.2, 0) is 4.74 Å². The Morgan fingerprint density at radius 3 is 2.46 bits per heavy atom. The van der Waals surface area contributed by atoms with Crippen LogP contribution < -0.4 is 16.6 Å². The predicted octanol–water partition coefficient (Wildman–Crippen LogP) is 3.06. The molecule has 0 aliphatic rings. The lowest BCUT2D eigenvalue weighted by Crippen LogP contribution is -2.33. The first-order valence-corrected chi connectivity index (χ1v) is 8.38. The molecule has 0 amide bonds. The van der Waals surface area contributed by atoms with Crippen LogP contribution in [0.25, 0.3) is 17.1 Å². The number of hydrogen-bond acceptors (Lipinski definition) is 7. The highest BCUT2D eigenvalue weighted by Crippen LogP contribution is 2.26. The number of nitrogens with zero attached hydrogens (tertiary/aromatic N) is 3. The summed E-state index contributed by atoms with van der Waals surface area (Å²) in [6.45, 7) is 0.270. The fourth-order valence-corrected chi connectivity index (χ4v) is 2.58. The molecule has 28 heavy (non-hydrogen) atoms. The molecule has 4 N–H and O–H groups in total. The van der Waals surface area contributed by atoms with Crippen LogP contribution in [-0.4, -0.2) is 23.9 Å². The molecule has 3 rings (SSSR count). The predicted molar refractivity (Wildman–Crippen MR) is 100 cm³/mol. The summed E-state index contributed by atoms with van der Waals surface area (Å²) in [6, 6.07) is 12.0. The number of ether oxygens (including phenoxy) is 1. The van der Waals surface area contributed by atoms with Crippen LogP contribution in [0.3, 0.4) is 0 Å². The molecule has 0 bridgehead atoms. The summed E-state index contributed by atoms with van der Waals surface area (Å²) in [7, 11) is 1.51. The number of hydrogen-bond donors (Lipinski definition) is 2. The highest BCUT2D eigenvalue weighted by atomic mass is 19.1. The van der Waals surface area contributed by atoms with Gasteiger partial charge in [0.15, 0.2) is 0 Å². The Hall–Kier alpha value is -3.30. The Bertz CT molecular complexity index is 990. The average Bonchev–Trinajstić information content (AvgIpc) is 3.18. The molecule has 9 heteroatoms. The van der Waals surface area contributed by atoms with Crippen molar-refractivity contribution in [1.29, 1.82) is 0 Å². The molecule has 0 aliphatic carbocycles. The van der Waals surface area contributed by atoms with Crippen molar-refractivity contribution in [2.75, 3.05) is 18.7 Å². The van der Waals surface area contributed by atoms with Crippen LogP contribution in [0.2, 0.25) is 0 Å². The molecule has 0 spiro atoms. The standard InChI is InChI=1S/C19H19F2N5O2/c1-27-11-10-16(26(23)15-9-5-4-8-14(15)21)17(22)19-24-18(25-28-19)12-6-2-3-7-13(12)20/h2-9H,10-11,22-23H2,1H3/b17-16-. The third-order valence-electron chi connectivity index (χ3n) is 4.03. The number of rotatable bonds is 7. The quantitative estimate of drug-likeness (QED) is 0.474. The first-order valence-electron chi connectivity index (χ1n) is 8.38. The number of para-hydroxylation sites is 1. The van der Waals surface area contributed by atoms with E-state index in [4.69, 9.17) is 20.8 Å². The van der Waals surface area contributed by atoms with Gasteiger partial charge in [0, 0.05) is 13.5 Å². The second kappa shape index (κ2) is 8.59. The summed E-state index contributed by atoms with van der Waals surface area (Å²) in [5, 5.41) is 4.88. The molecule has 146 valence electrons. The maximum Gasteiger partial charge on any atom is 0.275 e. The molecule has 0 radical (unpaired) electrons. The number of aromatic nitrogens is 2. The molecular formula is C19H19F2N5O2. The van der Waals surface area contributed by atoms with E-state index in [0.717, 1.165) is 5.01 Å². The average molecular weight is 387 g/mol. The topological polar surface area (TPSA) is 103 Å². The molecule has 0 fully saturated rings. The maximum atomic E-state index is 14.1. The molecule has 1 aromatic heterocycles. The van der Waals surface area contributed by atoms with E-state index in [0.29, 0.717) is 5.70 Å². The van der Waals surface area contributed by atoms with Gasteiger partial charge in [-0.05, 0) is 24.3 Å². The van der Waals surface area contributed by atoms with Crippen LogP contribution in [0.5, 0.6) is 0 Å². The van der Waals surface area contributed by atoms with E-state index >= 15 is 0 Å². The second-order valence-corrected chi connectivity index (χ2v) is 5.83.